The van der Waals surface area contributed by atoms with E-state index in [2.05, 4.69) is 34.8 Å². The summed E-state index contributed by atoms with van der Waals surface area (Å²) in [5.41, 5.74) is 3.83. The fourth-order valence-electron chi connectivity index (χ4n) is 4.82. The number of rotatable bonds is 8. The molecule has 4 aromatic rings. The third kappa shape index (κ3) is 6.03. The summed E-state index contributed by atoms with van der Waals surface area (Å²) in [6, 6.07) is 19.2. The van der Waals surface area contributed by atoms with Gasteiger partial charge in [-0.15, -0.1) is 0 Å². The zero-order valence-corrected chi connectivity index (χ0v) is 26.1. The van der Waals surface area contributed by atoms with Gasteiger partial charge in [0.25, 0.3) is 5.56 Å². The summed E-state index contributed by atoms with van der Waals surface area (Å²) >= 11 is 4.80. The Balaban J connectivity index is 1.53. The molecule has 5 rings (SSSR count). The summed E-state index contributed by atoms with van der Waals surface area (Å²) in [5.74, 6) is 0.0897. The first-order valence-corrected chi connectivity index (χ1v) is 15.2. The van der Waals surface area contributed by atoms with Gasteiger partial charge < -0.3 is 9.47 Å². The average molecular weight is 650 g/mol. The van der Waals surface area contributed by atoms with Gasteiger partial charge in [0, 0.05) is 5.56 Å². The topological polar surface area (TPSA) is 69.9 Å². The molecule has 0 bridgehead atoms. The van der Waals surface area contributed by atoms with Crippen molar-refractivity contribution in [3.63, 3.8) is 0 Å². The first-order chi connectivity index (χ1) is 20.2. The van der Waals surface area contributed by atoms with Crippen LogP contribution in [0.1, 0.15) is 61.9 Å². The van der Waals surface area contributed by atoms with Crippen molar-refractivity contribution in [2.45, 2.75) is 46.3 Å². The summed E-state index contributed by atoms with van der Waals surface area (Å²) in [7, 11) is 0. The Hall–Kier alpha value is -3.82. The number of esters is 1. The lowest BCUT2D eigenvalue weighted by molar-refractivity contribution is -0.139. The Morgan fingerprint density at radius 3 is 2.55 bits per heavy atom. The molecule has 0 radical (unpaired) electrons. The highest BCUT2D eigenvalue weighted by Crippen LogP contribution is 2.32. The van der Waals surface area contributed by atoms with Crippen molar-refractivity contribution in [2.24, 2.45) is 4.99 Å². The number of fused-ring (bicyclic) bond motifs is 1. The second-order valence-corrected chi connectivity index (χ2v) is 12.1. The number of halogens is 2. The van der Waals surface area contributed by atoms with E-state index in [1.807, 2.05) is 36.4 Å². The van der Waals surface area contributed by atoms with Crippen molar-refractivity contribution in [2.75, 3.05) is 6.61 Å². The van der Waals surface area contributed by atoms with E-state index < -0.39 is 12.0 Å². The molecule has 2 heterocycles. The SMILES string of the molecule is CCOC(=O)C1=C(C)N=c2s/c(=C\c3ccc(OCc4ccccc4F)c(Br)c3)c(=O)n2[C@@H]1c1ccc(C(C)C)cc1. The Morgan fingerprint density at radius 1 is 1.14 bits per heavy atom. The molecule has 1 aliphatic heterocycles. The van der Waals surface area contributed by atoms with Crippen molar-refractivity contribution in [1.29, 1.82) is 0 Å². The average Bonchev–Trinajstić information content (AvgIpc) is 3.26. The van der Waals surface area contributed by atoms with E-state index in [-0.39, 0.29) is 24.6 Å². The second-order valence-electron chi connectivity index (χ2n) is 10.2. The van der Waals surface area contributed by atoms with Gasteiger partial charge in [-0.2, -0.15) is 0 Å². The first kappa shape index (κ1) is 29.7. The van der Waals surface area contributed by atoms with E-state index in [0.717, 1.165) is 16.7 Å². The van der Waals surface area contributed by atoms with Gasteiger partial charge in [-0.25, -0.2) is 14.2 Å². The van der Waals surface area contributed by atoms with Crippen LogP contribution < -0.4 is 19.6 Å². The number of allylic oxidation sites excluding steroid dienone is 1. The summed E-state index contributed by atoms with van der Waals surface area (Å²) in [6.07, 6.45) is 1.79. The van der Waals surface area contributed by atoms with Crippen LogP contribution in [0.2, 0.25) is 0 Å². The number of aromatic nitrogens is 1. The summed E-state index contributed by atoms with van der Waals surface area (Å²) < 4.78 is 27.9. The molecule has 1 aliphatic rings. The summed E-state index contributed by atoms with van der Waals surface area (Å²) in [4.78, 5) is 32.2. The van der Waals surface area contributed by atoms with E-state index in [0.29, 0.717) is 42.3 Å². The molecule has 0 unspecified atom stereocenters. The third-order valence-electron chi connectivity index (χ3n) is 7.03. The number of nitrogens with zero attached hydrogens (tertiary/aromatic N) is 2. The van der Waals surface area contributed by atoms with E-state index in [4.69, 9.17) is 9.47 Å². The zero-order valence-electron chi connectivity index (χ0n) is 23.7. The van der Waals surface area contributed by atoms with Crippen LogP contribution in [0.25, 0.3) is 6.08 Å². The van der Waals surface area contributed by atoms with Gasteiger partial charge in [0.05, 0.1) is 32.9 Å². The number of ether oxygens (including phenoxy) is 2. The lowest BCUT2D eigenvalue weighted by atomic mass is 9.93. The molecule has 0 spiro atoms. The van der Waals surface area contributed by atoms with Gasteiger partial charge >= 0.3 is 5.97 Å². The fraction of sp³-hybridized carbons (Fsp3) is 0.242. The second kappa shape index (κ2) is 12.6. The predicted molar refractivity (Wildman–Crippen MR) is 166 cm³/mol. The highest BCUT2D eigenvalue weighted by atomic mass is 79.9. The highest BCUT2D eigenvalue weighted by molar-refractivity contribution is 9.10. The number of benzene rings is 3. The van der Waals surface area contributed by atoms with Crippen molar-refractivity contribution in [3.8, 4) is 5.75 Å². The molecule has 9 heteroatoms. The van der Waals surface area contributed by atoms with Crippen LogP contribution in [0, 0.1) is 5.82 Å². The van der Waals surface area contributed by atoms with Crippen molar-refractivity contribution in [3.05, 3.63) is 130 Å². The molecule has 0 saturated carbocycles. The maximum Gasteiger partial charge on any atom is 0.338 e. The molecule has 6 nitrogen and oxygen atoms in total. The minimum atomic E-state index is -0.662. The van der Waals surface area contributed by atoms with E-state index in [1.54, 1.807) is 48.8 Å². The lowest BCUT2D eigenvalue weighted by Crippen LogP contribution is -2.39. The fourth-order valence-corrected chi connectivity index (χ4v) is 6.37. The van der Waals surface area contributed by atoms with E-state index in [1.165, 1.54) is 17.4 Å². The smallest absolute Gasteiger partial charge is 0.338 e. The minimum Gasteiger partial charge on any atom is -0.488 e. The summed E-state index contributed by atoms with van der Waals surface area (Å²) in [5, 5.41) is 0. The van der Waals surface area contributed by atoms with Crippen LogP contribution in [0.5, 0.6) is 5.75 Å². The zero-order chi connectivity index (χ0) is 30.0. The van der Waals surface area contributed by atoms with Crippen LogP contribution in [0.15, 0.2) is 92.3 Å². The van der Waals surface area contributed by atoms with E-state index in [9.17, 15) is 14.0 Å². The highest BCUT2D eigenvalue weighted by Gasteiger charge is 2.33. The molecule has 0 saturated heterocycles. The van der Waals surface area contributed by atoms with Crippen molar-refractivity contribution < 1.29 is 18.7 Å². The third-order valence-corrected chi connectivity index (χ3v) is 8.63. The molecule has 0 aliphatic carbocycles. The Labute approximate surface area is 255 Å². The molecule has 42 heavy (non-hydrogen) atoms. The standard InChI is InChI=1S/C33H30BrFN2O4S/c1-5-40-32(39)29-20(4)36-33-37(30(29)23-13-11-22(12-14-23)19(2)3)31(38)28(42-33)17-21-10-15-27(25(34)16-21)41-18-24-8-6-7-9-26(24)35/h6-17,19,30H,5,18H2,1-4H3/b28-17-/t30-/m1/s1. The first-order valence-electron chi connectivity index (χ1n) is 13.6. The van der Waals surface area contributed by atoms with Crippen LogP contribution in [-0.4, -0.2) is 17.1 Å². The van der Waals surface area contributed by atoms with Crippen LogP contribution in [0.4, 0.5) is 4.39 Å². The van der Waals surface area contributed by atoms with Crippen LogP contribution in [-0.2, 0) is 16.1 Å². The maximum atomic E-state index is 14.0. The minimum absolute atomic E-state index is 0.0868. The van der Waals surface area contributed by atoms with Crippen LogP contribution in [0.3, 0.4) is 0 Å². The molecule has 1 aromatic heterocycles. The predicted octanol–water partition coefficient (Wildman–Crippen LogP) is 6.40. The molecule has 0 amide bonds. The Bertz CT molecular complexity index is 1860. The molecular weight excluding hydrogens is 619 g/mol. The number of hydrogen-bond donors (Lipinski definition) is 0. The van der Waals surface area contributed by atoms with Gasteiger partial charge in [-0.1, -0.05) is 73.7 Å². The van der Waals surface area contributed by atoms with Gasteiger partial charge in [0.15, 0.2) is 4.80 Å². The largest absolute Gasteiger partial charge is 0.488 e. The Morgan fingerprint density at radius 2 is 1.88 bits per heavy atom. The molecular formula is C33H30BrFN2O4S. The molecule has 216 valence electrons. The number of thiazole rings is 1. The number of carbonyl (C=O) groups is 1. The number of carbonyl (C=O) groups excluding carboxylic acids is 1. The van der Waals surface area contributed by atoms with Crippen molar-refractivity contribution in [1.82, 2.24) is 4.57 Å². The maximum absolute atomic E-state index is 14.0. The van der Waals surface area contributed by atoms with Gasteiger partial charge in [-0.3, -0.25) is 9.36 Å². The Kier molecular flexibility index (Phi) is 8.89. The quantitative estimate of drug-likeness (QED) is 0.207. The van der Waals surface area contributed by atoms with E-state index >= 15 is 0 Å². The monoisotopic (exact) mass is 648 g/mol. The van der Waals surface area contributed by atoms with Gasteiger partial charge in [-0.05, 0) is 76.7 Å². The number of hydrogen-bond acceptors (Lipinski definition) is 6. The lowest BCUT2D eigenvalue weighted by Gasteiger charge is -2.25. The molecule has 0 fully saturated rings. The molecule has 0 N–H and O–H groups in total. The van der Waals surface area contributed by atoms with Gasteiger partial charge in [0.2, 0.25) is 0 Å². The molecule has 1 atom stereocenters. The van der Waals surface area contributed by atoms with Gasteiger partial charge in [0.1, 0.15) is 18.2 Å². The summed E-state index contributed by atoms with van der Waals surface area (Å²) in [6.45, 7) is 8.07. The van der Waals surface area contributed by atoms with Crippen molar-refractivity contribution >= 4 is 39.3 Å². The van der Waals surface area contributed by atoms with Crippen LogP contribution >= 0.6 is 27.3 Å². The molecule has 3 aromatic carbocycles. The normalized spacial score (nSPS) is 15.0.